The van der Waals surface area contributed by atoms with Crippen molar-refractivity contribution in [1.82, 2.24) is 25.7 Å². The molecule has 1 aromatic heterocycles. The minimum absolute atomic E-state index is 0.00183. The molecule has 2 aromatic rings. The molecular weight excluding hydrogens is 698 g/mol. The molecule has 0 radical (unpaired) electrons. The van der Waals surface area contributed by atoms with Crippen LogP contribution < -0.4 is 10.6 Å². The molecule has 1 aliphatic heterocycles. The van der Waals surface area contributed by atoms with Crippen LogP contribution in [0, 0.1) is 5.92 Å². The number of hydrogen-bond donors (Lipinski definition) is 5. The maximum Gasteiger partial charge on any atom is 0.328 e. The molecule has 0 spiro atoms. The lowest BCUT2D eigenvalue weighted by Gasteiger charge is -2.28. The number of unbranched alkanes of at least 4 members (excludes halogenated alkanes) is 9. The van der Waals surface area contributed by atoms with Crippen LogP contribution in [0.25, 0.3) is 11.5 Å². The molecule has 4 atom stereocenters. The first-order valence-corrected chi connectivity index (χ1v) is 19.5. The number of hydroxylamine groups is 4. The molecule has 5 N–H and O–H groups in total. The first-order valence-electron chi connectivity index (χ1n) is 19.5. The van der Waals surface area contributed by atoms with Crippen molar-refractivity contribution in [3.8, 4) is 17.2 Å². The number of rotatable bonds is 23. The van der Waals surface area contributed by atoms with Gasteiger partial charge in [0.05, 0.1) is 11.5 Å². The number of esters is 1. The number of aromatic nitrogens is 1. The van der Waals surface area contributed by atoms with Crippen molar-refractivity contribution in [2.75, 3.05) is 13.1 Å². The van der Waals surface area contributed by atoms with Gasteiger partial charge in [-0.3, -0.25) is 29.6 Å². The maximum atomic E-state index is 13.9. The molecule has 1 saturated heterocycles. The Morgan fingerprint density at radius 1 is 1.00 bits per heavy atom. The lowest BCUT2D eigenvalue weighted by Crippen LogP contribution is -2.50. The maximum absolute atomic E-state index is 13.9. The van der Waals surface area contributed by atoms with Crippen molar-refractivity contribution in [2.45, 2.75) is 142 Å². The van der Waals surface area contributed by atoms with Crippen LogP contribution in [0.2, 0.25) is 0 Å². The number of benzene rings is 1. The fourth-order valence-corrected chi connectivity index (χ4v) is 6.33. The highest BCUT2D eigenvalue weighted by Gasteiger charge is 2.34. The summed E-state index contributed by atoms with van der Waals surface area (Å²) < 4.78 is 11.5. The Hall–Kier alpha value is -4.50. The number of phenolic OH excluding ortho intramolecular Hbond substituents is 1. The Morgan fingerprint density at radius 3 is 2.35 bits per heavy atom. The molecule has 0 aliphatic carbocycles. The zero-order chi connectivity index (χ0) is 39.5. The van der Waals surface area contributed by atoms with E-state index < -0.39 is 53.7 Å². The topological polar surface area (TPSA) is 212 Å². The largest absolute Gasteiger partial charge is 0.507 e. The second-order valence-electron chi connectivity index (χ2n) is 14.1. The summed E-state index contributed by atoms with van der Waals surface area (Å²) in [5.74, 6) is -4.10. The minimum atomic E-state index is -1.19. The molecule has 4 amide bonds. The number of oxazole rings is 1. The smallest absolute Gasteiger partial charge is 0.328 e. The highest BCUT2D eigenvalue weighted by Crippen LogP contribution is 2.28. The van der Waals surface area contributed by atoms with E-state index in [1.807, 2.05) is 0 Å². The van der Waals surface area contributed by atoms with E-state index in [1.54, 1.807) is 25.1 Å². The molecule has 0 unspecified atom stereocenters. The van der Waals surface area contributed by atoms with Crippen molar-refractivity contribution < 1.29 is 48.6 Å². The Labute approximate surface area is 317 Å². The van der Waals surface area contributed by atoms with Crippen molar-refractivity contribution >= 4 is 29.6 Å². The number of carbonyl (C=O) groups excluding carboxylic acids is 5. The zero-order valence-electron chi connectivity index (χ0n) is 32.0. The second kappa shape index (κ2) is 23.3. The summed E-state index contributed by atoms with van der Waals surface area (Å²) in [6.07, 6.45) is 12.5. The van der Waals surface area contributed by atoms with Crippen LogP contribution in [-0.4, -0.2) is 91.5 Å². The van der Waals surface area contributed by atoms with Crippen molar-refractivity contribution in [2.24, 2.45) is 5.92 Å². The summed E-state index contributed by atoms with van der Waals surface area (Å²) >= 11 is 0. The number of nitrogens with one attached hydrogen (secondary N) is 2. The lowest BCUT2D eigenvalue weighted by molar-refractivity contribution is -0.167. The zero-order valence-corrected chi connectivity index (χ0v) is 32.0. The summed E-state index contributed by atoms with van der Waals surface area (Å²) in [6, 6.07) is 4.23. The molecule has 0 bridgehead atoms. The van der Waals surface area contributed by atoms with Gasteiger partial charge in [0.15, 0.2) is 5.69 Å². The number of carbonyl (C=O) groups is 5. The molecule has 2 heterocycles. The van der Waals surface area contributed by atoms with Gasteiger partial charge in [-0.05, 0) is 63.5 Å². The van der Waals surface area contributed by atoms with Crippen LogP contribution in [0.4, 0.5) is 0 Å². The Bertz CT molecular complexity index is 1500. The molecule has 0 saturated carbocycles. The number of ether oxygens (including phenoxy) is 1. The van der Waals surface area contributed by atoms with Crippen LogP contribution in [0.3, 0.4) is 0 Å². The van der Waals surface area contributed by atoms with Crippen molar-refractivity contribution in [3.63, 3.8) is 0 Å². The molecule has 15 heteroatoms. The number of aromatic hydroxyl groups is 1. The molecule has 15 nitrogen and oxygen atoms in total. The fraction of sp³-hybridized carbons (Fsp3) is 0.641. The molecule has 1 aliphatic rings. The highest BCUT2D eigenvalue weighted by atomic mass is 16.5. The van der Waals surface area contributed by atoms with Crippen LogP contribution in [0.15, 0.2) is 34.9 Å². The van der Waals surface area contributed by atoms with Crippen molar-refractivity contribution in [3.05, 3.63) is 36.2 Å². The number of amides is 4. The first-order chi connectivity index (χ1) is 25.9. The summed E-state index contributed by atoms with van der Waals surface area (Å²) in [7, 11) is 0. The molecule has 1 aromatic carbocycles. The van der Waals surface area contributed by atoms with Gasteiger partial charge in [-0.15, -0.1) is 0 Å². The first kappa shape index (κ1) is 43.9. The van der Waals surface area contributed by atoms with Gasteiger partial charge in [0, 0.05) is 20.0 Å². The van der Waals surface area contributed by atoms with Gasteiger partial charge in [-0.1, -0.05) is 77.3 Å². The predicted octanol–water partition coefficient (Wildman–Crippen LogP) is 5.91. The molecule has 1 fully saturated rings. The van der Waals surface area contributed by atoms with Crippen LogP contribution in [0.1, 0.15) is 134 Å². The van der Waals surface area contributed by atoms with E-state index in [1.165, 1.54) is 38.7 Å². The predicted molar refractivity (Wildman–Crippen MR) is 198 cm³/mol. The number of phenols is 1. The van der Waals surface area contributed by atoms with E-state index >= 15 is 0 Å². The third-order valence-electron chi connectivity index (χ3n) is 9.75. The molecule has 300 valence electrons. The van der Waals surface area contributed by atoms with Gasteiger partial charge in [0.25, 0.3) is 11.8 Å². The van der Waals surface area contributed by atoms with Crippen LogP contribution >= 0.6 is 0 Å². The van der Waals surface area contributed by atoms with E-state index in [-0.39, 0.29) is 42.4 Å². The van der Waals surface area contributed by atoms with Crippen molar-refractivity contribution in [1.29, 1.82) is 0 Å². The normalized spacial score (nSPS) is 16.2. The van der Waals surface area contributed by atoms with Gasteiger partial charge in [-0.2, -0.15) is 0 Å². The van der Waals surface area contributed by atoms with Crippen LogP contribution in [0.5, 0.6) is 5.75 Å². The van der Waals surface area contributed by atoms with Gasteiger partial charge in [0.2, 0.25) is 17.7 Å². The van der Waals surface area contributed by atoms with E-state index in [0.29, 0.717) is 55.1 Å². The van der Waals surface area contributed by atoms with E-state index in [4.69, 9.17) is 9.15 Å². The summed E-state index contributed by atoms with van der Waals surface area (Å²) in [5, 5.41) is 36.7. The Kier molecular flexibility index (Phi) is 19.0. The van der Waals surface area contributed by atoms with Gasteiger partial charge in [-0.25, -0.2) is 19.9 Å². The summed E-state index contributed by atoms with van der Waals surface area (Å²) in [5.41, 5.74) is 0.129. The Morgan fingerprint density at radius 2 is 1.67 bits per heavy atom. The van der Waals surface area contributed by atoms with Gasteiger partial charge < -0.3 is 24.9 Å². The quantitative estimate of drug-likeness (QED) is 0.0389. The third-order valence-corrected chi connectivity index (χ3v) is 9.75. The van der Waals surface area contributed by atoms with Crippen LogP contribution in [-0.2, 0) is 23.9 Å². The monoisotopic (exact) mass is 757 g/mol. The fourth-order valence-electron chi connectivity index (χ4n) is 6.33. The minimum Gasteiger partial charge on any atom is -0.507 e. The van der Waals surface area contributed by atoms with Gasteiger partial charge >= 0.3 is 5.97 Å². The van der Waals surface area contributed by atoms with Gasteiger partial charge in [0.1, 0.15) is 30.2 Å². The highest BCUT2D eigenvalue weighted by molar-refractivity contribution is 5.95. The molecular formula is C39H59N5O10. The van der Waals surface area contributed by atoms with E-state index in [2.05, 4.69) is 22.5 Å². The number of para-hydroxylation sites is 1. The van der Waals surface area contributed by atoms with E-state index in [0.717, 1.165) is 31.9 Å². The summed E-state index contributed by atoms with van der Waals surface area (Å²) in [6.45, 7) is 5.23. The standard InChI is InChI=1S/C39H59N5O10/c1-4-5-6-7-8-9-10-11-12-23-34(27(2)35(47)40-30-20-15-18-25-44(52)38(30)49)54-39(50)31(21-16-17-24-43(51)28(3)45)41-36(48)32-26-53-37(42-32)29-19-13-14-22-33(29)46/h13-14,19,22,26-27,30-31,34,46,51-52H,4-12,15-18,20-21,23-25H2,1-3H3,(H,40,47)(H,41,48)/t27-,30+,31-,34-/m1/s1. The van der Waals surface area contributed by atoms with E-state index in [9.17, 15) is 39.5 Å². The molecule has 3 rings (SSSR count). The average Bonchev–Trinajstić information content (AvgIpc) is 3.59. The average molecular weight is 758 g/mol. The number of nitrogens with zero attached hydrogens (tertiary/aromatic N) is 3. The summed E-state index contributed by atoms with van der Waals surface area (Å²) in [4.78, 5) is 69.2. The lowest BCUT2D eigenvalue weighted by atomic mass is 9.96. The second-order valence-corrected chi connectivity index (χ2v) is 14.1. The Balaban J connectivity index is 1.75. The third kappa shape index (κ3) is 14.4. The number of hydrogen-bond acceptors (Lipinski definition) is 11. The SMILES string of the molecule is CCCCCCCCCCC[C@@H](OC(=O)[C@@H](CCCCN(O)C(C)=O)NC(=O)c1coc(-c2ccccc2O)n1)[C@@H](C)C(=O)N[C@H]1CCCCN(O)C1=O. The molecule has 54 heavy (non-hydrogen) atoms.